The van der Waals surface area contributed by atoms with Gasteiger partial charge in [-0.25, -0.2) is 0 Å². The molecule has 0 saturated carbocycles. The van der Waals surface area contributed by atoms with Gasteiger partial charge in [-0.05, 0) is 39.8 Å². The van der Waals surface area contributed by atoms with Crippen LogP contribution in [0.25, 0.3) is 0 Å². The van der Waals surface area contributed by atoms with Gasteiger partial charge in [-0.15, -0.1) is 24.0 Å². The first kappa shape index (κ1) is 18.9. The van der Waals surface area contributed by atoms with Gasteiger partial charge < -0.3 is 20.3 Å². The SMILES string of the molecule is CCNC(=NCC1CCN(C)C1)NCCOCC.I. The van der Waals surface area contributed by atoms with E-state index in [1.807, 2.05) is 6.92 Å². The average molecular weight is 384 g/mol. The minimum atomic E-state index is 0. The number of nitrogens with zero attached hydrogens (tertiary/aromatic N) is 2. The molecular formula is C13H29IN4O. The van der Waals surface area contributed by atoms with Gasteiger partial charge in [-0.2, -0.15) is 0 Å². The summed E-state index contributed by atoms with van der Waals surface area (Å²) in [6.07, 6.45) is 1.26. The van der Waals surface area contributed by atoms with E-state index in [4.69, 9.17) is 4.74 Å². The first-order chi connectivity index (χ1) is 8.76. The van der Waals surface area contributed by atoms with E-state index in [2.05, 4.69) is 34.5 Å². The van der Waals surface area contributed by atoms with Crippen molar-refractivity contribution in [2.75, 3.05) is 53.0 Å². The molecule has 2 N–H and O–H groups in total. The van der Waals surface area contributed by atoms with Crippen molar-refractivity contribution in [3.8, 4) is 0 Å². The highest BCUT2D eigenvalue weighted by molar-refractivity contribution is 14.0. The number of rotatable bonds is 7. The number of ether oxygens (including phenoxy) is 1. The van der Waals surface area contributed by atoms with Crippen molar-refractivity contribution in [1.29, 1.82) is 0 Å². The maximum absolute atomic E-state index is 5.30. The second-order valence-electron chi connectivity index (χ2n) is 4.76. The number of aliphatic imine (C=N–C) groups is 1. The van der Waals surface area contributed by atoms with Crippen molar-refractivity contribution >= 4 is 29.9 Å². The van der Waals surface area contributed by atoms with Crippen LogP contribution in [0.5, 0.6) is 0 Å². The molecule has 0 amide bonds. The molecule has 1 aliphatic heterocycles. The number of nitrogens with one attached hydrogen (secondary N) is 2. The minimum Gasteiger partial charge on any atom is -0.380 e. The highest BCUT2D eigenvalue weighted by atomic mass is 127. The van der Waals surface area contributed by atoms with Crippen molar-refractivity contribution in [3.63, 3.8) is 0 Å². The molecule has 0 aromatic heterocycles. The maximum Gasteiger partial charge on any atom is 0.191 e. The van der Waals surface area contributed by atoms with Crippen molar-refractivity contribution in [2.45, 2.75) is 20.3 Å². The van der Waals surface area contributed by atoms with E-state index in [0.717, 1.165) is 38.8 Å². The molecule has 5 nitrogen and oxygen atoms in total. The second-order valence-corrected chi connectivity index (χ2v) is 4.76. The monoisotopic (exact) mass is 384 g/mol. The molecule has 1 fully saturated rings. The number of guanidine groups is 1. The van der Waals surface area contributed by atoms with Crippen molar-refractivity contribution in [2.24, 2.45) is 10.9 Å². The van der Waals surface area contributed by atoms with Crippen LogP contribution in [-0.4, -0.2) is 63.8 Å². The molecule has 1 unspecified atom stereocenters. The second kappa shape index (κ2) is 11.7. The minimum absolute atomic E-state index is 0. The van der Waals surface area contributed by atoms with Crippen LogP contribution in [-0.2, 0) is 4.74 Å². The summed E-state index contributed by atoms with van der Waals surface area (Å²) in [5.41, 5.74) is 0. The molecule has 0 bridgehead atoms. The molecule has 1 heterocycles. The van der Waals surface area contributed by atoms with Crippen molar-refractivity contribution < 1.29 is 4.74 Å². The van der Waals surface area contributed by atoms with E-state index in [0.29, 0.717) is 5.92 Å². The number of hydrogen-bond acceptors (Lipinski definition) is 3. The highest BCUT2D eigenvalue weighted by Gasteiger charge is 2.18. The topological polar surface area (TPSA) is 48.9 Å². The van der Waals surface area contributed by atoms with Gasteiger partial charge in [0.25, 0.3) is 0 Å². The normalized spacial score (nSPS) is 20.2. The van der Waals surface area contributed by atoms with E-state index in [1.54, 1.807) is 0 Å². The molecule has 0 aromatic rings. The van der Waals surface area contributed by atoms with Gasteiger partial charge in [0, 0.05) is 32.8 Å². The molecule has 0 spiro atoms. The summed E-state index contributed by atoms with van der Waals surface area (Å²) < 4.78 is 5.30. The fraction of sp³-hybridized carbons (Fsp3) is 0.923. The lowest BCUT2D eigenvalue weighted by atomic mass is 10.1. The number of likely N-dealkylation sites (tertiary alicyclic amines) is 1. The van der Waals surface area contributed by atoms with Gasteiger partial charge in [-0.3, -0.25) is 4.99 Å². The standard InChI is InChI=1S/C13H28N4O.HI/c1-4-14-13(15-7-9-18-5-2)16-10-12-6-8-17(3)11-12;/h12H,4-11H2,1-3H3,(H2,14,15,16);1H. The quantitative estimate of drug-likeness (QED) is 0.299. The third-order valence-electron chi connectivity index (χ3n) is 3.08. The van der Waals surface area contributed by atoms with Crippen LogP contribution < -0.4 is 10.6 Å². The number of halogens is 1. The Labute approximate surface area is 134 Å². The van der Waals surface area contributed by atoms with Crippen molar-refractivity contribution in [1.82, 2.24) is 15.5 Å². The Morgan fingerprint density at radius 2 is 2.16 bits per heavy atom. The largest absolute Gasteiger partial charge is 0.380 e. The Morgan fingerprint density at radius 1 is 1.37 bits per heavy atom. The van der Waals surface area contributed by atoms with Gasteiger partial charge >= 0.3 is 0 Å². The Bertz CT molecular complexity index is 251. The van der Waals surface area contributed by atoms with Gasteiger partial charge in [0.15, 0.2) is 5.96 Å². The lowest BCUT2D eigenvalue weighted by Gasteiger charge is -2.13. The van der Waals surface area contributed by atoms with Gasteiger partial charge in [0.05, 0.1) is 6.61 Å². The molecule has 114 valence electrons. The molecule has 0 radical (unpaired) electrons. The first-order valence-corrected chi connectivity index (χ1v) is 7.04. The summed E-state index contributed by atoms with van der Waals surface area (Å²) in [5.74, 6) is 1.61. The maximum atomic E-state index is 5.30. The number of hydrogen-bond donors (Lipinski definition) is 2. The molecule has 1 aliphatic rings. The predicted octanol–water partition coefficient (Wildman–Crippen LogP) is 1.15. The van der Waals surface area contributed by atoms with Crippen LogP contribution in [0.3, 0.4) is 0 Å². The van der Waals surface area contributed by atoms with Crippen LogP contribution in [0.15, 0.2) is 4.99 Å². The van der Waals surface area contributed by atoms with E-state index in [9.17, 15) is 0 Å². The van der Waals surface area contributed by atoms with E-state index >= 15 is 0 Å². The summed E-state index contributed by atoms with van der Waals surface area (Å²) in [6, 6.07) is 0. The van der Waals surface area contributed by atoms with E-state index in [-0.39, 0.29) is 24.0 Å². The Balaban J connectivity index is 0.00000324. The molecule has 0 aromatic carbocycles. The smallest absolute Gasteiger partial charge is 0.191 e. The fourth-order valence-corrected chi connectivity index (χ4v) is 2.12. The first-order valence-electron chi connectivity index (χ1n) is 7.04. The summed E-state index contributed by atoms with van der Waals surface area (Å²) >= 11 is 0. The average Bonchev–Trinajstić information content (AvgIpc) is 2.77. The predicted molar refractivity (Wildman–Crippen MR) is 91.5 cm³/mol. The Kier molecular flexibility index (Phi) is 11.7. The van der Waals surface area contributed by atoms with E-state index in [1.165, 1.54) is 19.5 Å². The van der Waals surface area contributed by atoms with Crippen LogP contribution in [0.2, 0.25) is 0 Å². The molecule has 1 atom stereocenters. The molecule has 6 heteroatoms. The van der Waals surface area contributed by atoms with Crippen LogP contribution in [0.4, 0.5) is 0 Å². The highest BCUT2D eigenvalue weighted by Crippen LogP contribution is 2.13. The van der Waals surface area contributed by atoms with Gasteiger partial charge in [0.1, 0.15) is 0 Å². The van der Waals surface area contributed by atoms with Crippen LogP contribution in [0, 0.1) is 5.92 Å². The third kappa shape index (κ3) is 8.65. The Hall–Kier alpha value is -0.0800. The molecule has 1 saturated heterocycles. The van der Waals surface area contributed by atoms with Crippen molar-refractivity contribution in [3.05, 3.63) is 0 Å². The molecule has 0 aliphatic carbocycles. The lowest BCUT2D eigenvalue weighted by molar-refractivity contribution is 0.152. The van der Waals surface area contributed by atoms with Gasteiger partial charge in [0.2, 0.25) is 0 Å². The summed E-state index contributed by atoms with van der Waals surface area (Å²) in [7, 11) is 2.18. The lowest BCUT2D eigenvalue weighted by Crippen LogP contribution is -2.39. The zero-order chi connectivity index (χ0) is 13.2. The summed E-state index contributed by atoms with van der Waals surface area (Å²) in [6.45, 7) is 10.6. The zero-order valence-corrected chi connectivity index (χ0v) is 14.8. The van der Waals surface area contributed by atoms with Crippen LogP contribution >= 0.6 is 24.0 Å². The zero-order valence-electron chi connectivity index (χ0n) is 12.4. The fourth-order valence-electron chi connectivity index (χ4n) is 2.12. The molecular weight excluding hydrogens is 355 g/mol. The summed E-state index contributed by atoms with van der Waals surface area (Å²) in [4.78, 5) is 7.01. The van der Waals surface area contributed by atoms with Crippen LogP contribution in [0.1, 0.15) is 20.3 Å². The molecule has 1 rings (SSSR count). The Morgan fingerprint density at radius 3 is 2.74 bits per heavy atom. The third-order valence-corrected chi connectivity index (χ3v) is 3.08. The van der Waals surface area contributed by atoms with E-state index < -0.39 is 0 Å². The molecule has 19 heavy (non-hydrogen) atoms. The summed E-state index contributed by atoms with van der Waals surface area (Å²) in [5, 5.41) is 6.56. The van der Waals surface area contributed by atoms with Gasteiger partial charge in [-0.1, -0.05) is 0 Å².